The van der Waals surface area contributed by atoms with Gasteiger partial charge in [0, 0.05) is 0 Å². The maximum absolute atomic E-state index is 8.60. The highest BCUT2D eigenvalue weighted by Gasteiger charge is 1.90. The molecule has 0 aliphatic rings. The van der Waals surface area contributed by atoms with E-state index in [1.54, 1.807) is 0 Å². The Bertz CT molecular complexity index is 116. The second kappa shape index (κ2) is 8.79. The standard InChI is InChI=1S/C11H22O/c1-3-4-5-6-7-8-11(2)9-10-12/h9,12H,3-8,10H2,1-2H3. The number of rotatable bonds is 7. The molecule has 1 nitrogen and oxygen atoms in total. The fourth-order valence-electron chi connectivity index (χ4n) is 1.27. The van der Waals surface area contributed by atoms with Crippen LogP contribution < -0.4 is 0 Å². The van der Waals surface area contributed by atoms with Gasteiger partial charge >= 0.3 is 0 Å². The van der Waals surface area contributed by atoms with Crippen LogP contribution in [0, 0.1) is 0 Å². The summed E-state index contributed by atoms with van der Waals surface area (Å²) < 4.78 is 0. The van der Waals surface area contributed by atoms with Gasteiger partial charge < -0.3 is 5.11 Å². The number of hydrogen-bond donors (Lipinski definition) is 1. The van der Waals surface area contributed by atoms with Crippen LogP contribution in [0.1, 0.15) is 52.4 Å². The van der Waals surface area contributed by atoms with Crippen LogP contribution in [0.2, 0.25) is 0 Å². The van der Waals surface area contributed by atoms with Gasteiger partial charge in [-0.05, 0) is 19.8 Å². The van der Waals surface area contributed by atoms with E-state index in [9.17, 15) is 0 Å². The average Bonchev–Trinajstić information content (AvgIpc) is 2.05. The van der Waals surface area contributed by atoms with E-state index in [4.69, 9.17) is 5.11 Å². The Hall–Kier alpha value is -0.300. The molecular formula is C11H22O. The third-order valence-electron chi connectivity index (χ3n) is 2.11. The van der Waals surface area contributed by atoms with Crippen LogP contribution in [0.25, 0.3) is 0 Å². The zero-order valence-electron chi connectivity index (χ0n) is 8.47. The third-order valence-corrected chi connectivity index (χ3v) is 2.11. The molecule has 0 bridgehead atoms. The van der Waals surface area contributed by atoms with E-state index in [0.717, 1.165) is 6.42 Å². The summed E-state index contributed by atoms with van der Waals surface area (Å²) in [5, 5.41) is 8.60. The Balaban J connectivity index is 3.14. The van der Waals surface area contributed by atoms with Gasteiger partial charge in [-0.3, -0.25) is 0 Å². The molecule has 0 radical (unpaired) electrons. The van der Waals surface area contributed by atoms with Crippen molar-refractivity contribution in [2.75, 3.05) is 6.61 Å². The van der Waals surface area contributed by atoms with Crippen molar-refractivity contribution < 1.29 is 5.11 Å². The Kier molecular flexibility index (Phi) is 8.57. The summed E-state index contributed by atoms with van der Waals surface area (Å²) in [4.78, 5) is 0. The fraction of sp³-hybridized carbons (Fsp3) is 0.818. The molecule has 0 spiro atoms. The van der Waals surface area contributed by atoms with Gasteiger partial charge in [0.1, 0.15) is 0 Å². The lowest BCUT2D eigenvalue weighted by Gasteiger charge is -2.00. The van der Waals surface area contributed by atoms with Crippen molar-refractivity contribution in [1.29, 1.82) is 0 Å². The molecule has 0 heterocycles. The normalized spacial score (nSPS) is 12.1. The van der Waals surface area contributed by atoms with Gasteiger partial charge in [-0.2, -0.15) is 0 Å². The number of aliphatic hydroxyl groups is 1. The summed E-state index contributed by atoms with van der Waals surface area (Å²) in [6, 6.07) is 0. The van der Waals surface area contributed by atoms with Crippen LogP contribution in [0.4, 0.5) is 0 Å². The molecule has 0 aliphatic carbocycles. The molecule has 1 heteroatoms. The lowest BCUT2D eigenvalue weighted by molar-refractivity contribution is 0.341. The quantitative estimate of drug-likeness (QED) is 0.459. The highest BCUT2D eigenvalue weighted by Crippen LogP contribution is 2.09. The van der Waals surface area contributed by atoms with E-state index in [1.807, 2.05) is 6.08 Å². The van der Waals surface area contributed by atoms with Crippen LogP contribution in [0.3, 0.4) is 0 Å². The molecule has 0 amide bonds. The first-order valence-corrected chi connectivity index (χ1v) is 5.07. The second-order valence-corrected chi connectivity index (χ2v) is 3.40. The van der Waals surface area contributed by atoms with E-state index >= 15 is 0 Å². The van der Waals surface area contributed by atoms with Crippen molar-refractivity contribution in [3.63, 3.8) is 0 Å². The molecule has 0 saturated carbocycles. The van der Waals surface area contributed by atoms with Crippen LogP contribution in [-0.4, -0.2) is 11.7 Å². The van der Waals surface area contributed by atoms with E-state index in [-0.39, 0.29) is 6.61 Å². The number of hydrogen-bond acceptors (Lipinski definition) is 1. The van der Waals surface area contributed by atoms with Gasteiger partial charge in [-0.1, -0.05) is 44.3 Å². The van der Waals surface area contributed by atoms with Gasteiger partial charge in [0.15, 0.2) is 0 Å². The summed E-state index contributed by atoms with van der Waals surface area (Å²) >= 11 is 0. The number of allylic oxidation sites excluding steroid dienone is 1. The van der Waals surface area contributed by atoms with Crippen molar-refractivity contribution in [2.24, 2.45) is 0 Å². The molecule has 0 aromatic rings. The predicted octanol–water partition coefficient (Wildman–Crippen LogP) is 3.29. The highest BCUT2D eigenvalue weighted by molar-refractivity contribution is 4.97. The Morgan fingerprint density at radius 1 is 1.17 bits per heavy atom. The molecule has 0 atom stereocenters. The molecule has 0 saturated heterocycles. The van der Waals surface area contributed by atoms with Gasteiger partial charge in [-0.25, -0.2) is 0 Å². The Morgan fingerprint density at radius 2 is 1.83 bits per heavy atom. The molecule has 0 aromatic carbocycles. The van der Waals surface area contributed by atoms with E-state index in [0.29, 0.717) is 0 Å². The summed E-state index contributed by atoms with van der Waals surface area (Å²) in [6.07, 6.45) is 9.72. The molecular weight excluding hydrogens is 148 g/mol. The zero-order chi connectivity index (χ0) is 9.23. The minimum absolute atomic E-state index is 0.195. The van der Waals surface area contributed by atoms with E-state index < -0.39 is 0 Å². The topological polar surface area (TPSA) is 20.2 Å². The molecule has 0 fully saturated rings. The van der Waals surface area contributed by atoms with Crippen molar-refractivity contribution in [1.82, 2.24) is 0 Å². The van der Waals surface area contributed by atoms with Crippen LogP contribution in [0.5, 0.6) is 0 Å². The first-order valence-electron chi connectivity index (χ1n) is 5.07. The first kappa shape index (κ1) is 11.7. The minimum Gasteiger partial charge on any atom is -0.392 e. The highest BCUT2D eigenvalue weighted by atomic mass is 16.2. The van der Waals surface area contributed by atoms with Crippen LogP contribution >= 0.6 is 0 Å². The SMILES string of the molecule is CCCCCCCC(C)=CCO. The largest absolute Gasteiger partial charge is 0.392 e. The van der Waals surface area contributed by atoms with Gasteiger partial charge in [0.2, 0.25) is 0 Å². The fourth-order valence-corrected chi connectivity index (χ4v) is 1.27. The Labute approximate surface area is 76.5 Å². The molecule has 0 rings (SSSR count). The lowest BCUT2D eigenvalue weighted by atomic mass is 10.1. The van der Waals surface area contributed by atoms with Gasteiger partial charge in [0.05, 0.1) is 6.61 Å². The number of aliphatic hydroxyl groups excluding tert-OH is 1. The summed E-state index contributed by atoms with van der Waals surface area (Å²) in [6.45, 7) is 4.52. The maximum atomic E-state index is 8.60. The minimum atomic E-state index is 0.195. The van der Waals surface area contributed by atoms with Crippen molar-refractivity contribution in [2.45, 2.75) is 52.4 Å². The van der Waals surface area contributed by atoms with Crippen molar-refractivity contribution >= 4 is 0 Å². The van der Waals surface area contributed by atoms with Gasteiger partial charge in [0.25, 0.3) is 0 Å². The summed E-state index contributed by atoms with van der Waals surface area (Å²) in [5.74, 6) is 0. The molecule has 0 aliphatic heterocycles. The monoisotopic (exact) mass is 170 g/mol. The zero-order valence-corrected chi connectivity index (χ0v) is 8.47. The van der Waals surface area contributed by atoms with Crippen molar-refractivity contribution in [3.8, 4) is 0 Å². The number of unbranched alkanes of at least 4 members (excludes halogenated alkanes) is 4. The predicted molar refractivity (Wildman–Crippen MR) is 54.2 cm³/mol. The molecule has 1 N–H and O–H groups in total. The molecule has 0 aromatic heterocycles. The molecule has 0 unspecified atom stereocenters. The molecule has 12 heavy (non-hydrogen) atoms. The maximum Gasteiger partial charge on any atom is 0.0614 e. The second-order valence-electron chi connectivity index (χ2n) is 3.40. The van der Waals surface area contributed by atoms with Crippen LogP contribution in [-0.2, 0) is 0 Å². The van der Waals surface area contributed by atoms with Gasteiger partial charge in [-0.15, -0.1) is 0 Å². The lowest BCUT2D eigenvalue weighted by Crippen LogP contribution is -1.83. The van der Waals surface area contributed by atoms with Crippen molar-refractivity contribution in [3.05, 3.63) is 11.6 Å². The summed E-state index contributed by atoms with van der Waals surface area (Å²) in [5.41, 5.74) is 1.33. The van der Waals surface area contributed by atoms with Crippen LogP contribution in [0.15, 0.2) is 11.6 Å². The smallest absolute Gasteiger partial charge is 0.0614 e. The average molecular weight is 170 g/mol. The van der Waals surface area contributed by atoms with E-state index in [1.165, 1.54) is 37.7 Å². The summed E-state index contributed by atoms with van der Waals surface area (Å²) in [7, 11) is 0. The molecule has 72 valence electrons. The third kappa shape index (κ3) is 7.80. The Morgan fingerprint density at radius 3 is 2.42 bits per heavy atom. The first-order chi connectivity index (χ1) is 5.81. The van der Waals surface area contributed by atoms with E-state index in [2.05, 4.69) is 13.8 Å².